The van der Waals surface area contributed by atoms with Crippen molar-refractivity contribution < 1.29 is 14.6 Å². The first kappa shape index (κ1) is 10.5. The smallest absolute Gasteiger partial charge is 0.336 e. The number of carbonyl (C=O) groups is 1. The van der Waals surface area contributed by atoms with Crippen molar-refractivity contribution in [3.8, 4) is 5.75 Å². The highest BCUT2D eigenvalue weighted by molar-refractivity contribution is 5.90. The van der Waals surface area contributed by atoms with Crippen LogP contribution in [0.3, 0.4) is 0 Å². The maximum absolute atomic E-state index is 10.9. The average molecular weight is 195 g/mol. The summed E-state index contributed by atoms with van der Waals surface area (Å²) in [5.74, 6) is -0.476. The van der Waals surface area contributed by atoms with Crippen LogP contribution in [-0.2, 0) is 0 Å². The third kappa shape index (κ3) is 1.85. The van der Waals surface area contributed by atoms with Gasteiger partial charge in [0.05, 0.1) is 12.7 Å². The van der Waals surface area contributed by atoms with Crippen molar-refractivity contribution in [2.45, 2.75) is 13.0 Å². The molecule has 1 atom stereocenters. The van der Waals surface area contributed by atoms with Crippen molar-refractivity contribution in [1.82, 2.24) is 0 Å². The summed E-state index contributed by atoms with van der Waals surface area (Å²) >= 11 is 0. The molecule has 1 rings (SSSR count). The highest BCUT2D eigenvalue weighted by Crippen LogP contribution is 2.27. The molecule has 76 valence electrons. The van der Waals surface area contributed by atoms with Gasteiger partial charge >= 0.3 is 5.97 Å². The van der Waals surface area contributed by atoms with E-state index in [2.05, 4.69) is 0 Å². The topological polar surface area (TPSA) is 72.5 Å². The molecule has 1 aromatic carbocycles. The van der Waals surface area contributed by atoms with Crippen LogP contribution in [0.15, 0.2) is 18.2 Å². The molecule has 0 aromatic heterocycles. The third-order valence-electron chi connectivity index (χ3n) is 1.97. The minimum absolute atomic E-state index is 0.194. The van der Waals surface area contributed by atoms with Gasteiger partial charge in [-0.05, 0) is 19.1 Å². The Morgan fingerprint density at radius 2 is 2.21 bits per heavy atom. The molecule has 4 nitrogen and oxygen atoms in total. The fourth-order valence-electron chi connectivity index (χ4n) is 1.38. The SMILES string of the molecule is COc1cccc(C(=O)O)c1[C@H](C)N. The molecule has 14 heavy (non-hydrogen) atoms. The van der Waals surface area contributed by atoms with Crippen molar-refractivity contribution in [3.63, 3.8) is 0 Å². The molecule has 4 heteroatoms. The standard InChI is InChI=1S/C10H13NO3/c1-6(11)9-7(10(12)13)4-3-5-8(9)14-2/h3-6H,11H2,1-2H3,(H,12,13)/t6-/m0/s1. The zero-order chi connectivity index (χ0) is 10.7. The molecular weight excluding hydrogens is 182 g/mol. The van der Waals surface area contributed by atoms with Crippen molar-refractivity contribution in [3.05, 3.63) is 29.3 Å². The lowest BCUT2D eigenvalue weighted by molar-refractivity contribution is 0.0694. The monoisotopic (exact) mass is 195 g/mol. The maximum Gasteiger partial charge on any atom is 0.336 e. The molecule has 0 saturated heterocycles. The van der Waals surface area contributed by atoms with Crippen LogP contribution in [0.1, 0.15) is 28.9 Å². The number of hydrogen-bond donors (Lipinski definition) is 2. The average Bonchev–Trinajstić information content (AvgIpc) is 2.16. The van der Waals surface area contributed by atoms with Gasteiger partial charge in [0.25, 0.3) is 0 Å². The third-order valence-corrected chi connectivity index (χ3v) is 1.97. The zero-order valence-electron chi connectivity index (χ0n) is 8.15. The molecule has 0 amide bonds. The zero-order valence-corrected chi connectivity index (χ0v) is 8.15. The van der Waals surface area contributed by atoms with Crippen molar-refractivity contribution in [2.24, 2.45) is 5.73 Å². The number of carboxylic acid groups (broad SMARTS) is 1. The molecule has 3 N–H and O–H groups in total. The largest absolute Gasteiger partial charge is 0.496 e. The fraction of sp³-hybridized carbons (Fsp3) is 0.300. The highest BCUT2D eigenvalue weighted by atomic mass is 16.5. The quantitative estimate of drug-likeness (QED) is 0.764. The van der Waals surface area contributed by atoms with E-state index in [1.54, 1.807) is 19.1 Å². The normalized spacial score (nSPS) is 12.2. The van der Waals surface area contributed by atoms with Gasteiger partial charge in [-0.3, -0.25) is 0 Å². The number of ether oxygens (including phenoxy) is 1. The minimum atomic E-state index is -0.990. The second-order valence-corrected chi connectivity index (χ2v) is 3.02. The molecule has 0 spiro atoms. The van der Waals surface area contributed by atoms with Crippen molar-refractivity contribution >= 4 is 5.97 Å². The number of benzene rings is 1. The Kier molecular flexibility index (Phi) is 3.09. The van der Waals surface area contributed by atoms with Gasteiger partial charge in [-0.25, -0.2) is 4.79 Å². The molecule has 1 aromatic rings. The molecule has 0 fully saturated rings. The highest BCUT2D eigenvalue weighted by Gasteiger charge is 2.17. The second kappa shape index (κ2) is 4.11. The van der Waals surface area contributed by atoms with E-state index < -0.39 is 5.97 Å². The summed E-state index contributed by atoms with van der Waals surface area (Å²) in [5.41, 5.74) is 6.41. The van der Waals surface area contributed by atoms with Gasteiger partial charge < -0.3 is 15.6 Å². The van der Waals surface area contributed by atoms with E-state index in [0.717, 1.165) is 0 Å². The van der Waals surface area contributed by atoms with E-state index in [9.17, 15) is 4.79 Å². The number of rotatable bonds is 3. The van der Waals surface area contributed by atoms with Crippen molar-refractivity contribution in [2.75, 3.05) is 7.11 Å². The lowest BCUT2D eigenvalue weighted by atomic mass is 10.0. The van der Waals surface area contributed by atoms with Gasteiger partial charge in [-0.1, -0.05) is 6.07 Å². The summed E-state index contributed by atoms with van der Waals surface area (Å²) < 4.78 is 5.05. The summed E-state index contributed by atoms with van der Waals surface area (Å²) in [4.78, 5) is 10.9. The van der Waals surface area contributed by atoms with E-state index in [1.807, 2.05) is 0 Å². The number of aromatic carboxylic acids is 1. The van der Waals surface area contributed by atoms with E-state index in [-0.39, 0.29) is 11.6 Å². The van der Waals surface area contributed by atoms with Gasteiger partial charge in [0.15, 0.2) is 0 Å². The Morgan fingerprint density at radius 3 is 2.64 bits per heavy atom. The first-order chi connectivity index (χ1) is 6.57. The first-order valence-corrected chi connectivity index (χ1v) is 4.23. The van der Waals surface area contributed by atoms with Crippen molar-refractivity contribution in [1.29, 1.82) is 0 Å². The minimum Gasteiger partial charge on any atom is -0.496 e. The number of methoxy groups -OCH3 is 1. The Morgan fingerprint density at radius 1 is 1.57 bits per heavy atom. The van der Waals surface area contributed by atoms with Gasteiger partial charge in [0, 0.05) is 11.6 Å². The van der Waals surface area contributed by atoms with Gasteiger partial charge in [0.1, 0.15) is 5.75 Å². The van der Waals surface area contributed by atoms with Crippen LogP contribution in [0.5, 0.6) is 5.75 Å². The fourth-order valence-corrected chi connectivity index (χ4v) is 1.38. The molecular formula is C10H13NO3. The molecule has 0 aliphatic carbocycles. The summed E-state index contributed by atoms with van der Waals surface area (Å²) in [6, 6.07) is 4.49. The Bertz CT molecular complexity index is 347. The predicted octanol–water partition coefficient (Wildman–Crippen LogP) is 1.41. The van der Waals surface area contributed by atoms with Gasteiger partial charge in [0.2, 0.25) is 0 Å². The van der Waals surface area contributed by atoms with E-state index in [1.165, 1.54) is 13.2 Å². The van der Waals surface area contributed by atoms with Crippen LogP contribution in [0.2, 0.25) is 0 Å². The Hall–Kier alpha value is -1.55. The van der Waals surface area contributed by atoms with Crippen LogP contribution in [-0.4, -0.2) is 18.2 Å². The molecule has 0 saturated carbocycles. The second-order valence-electron chi connectivity index (χ2n) is 3.02. The number of carboxylic acids is 1. The predicted molar refractivity (Wildman–Crippen MR) is 52.6 cm³/mol. The van der Waals surface area contributed by atoms with Crippen LogP contribution < -0.4 is 10.5 Å². The van der Waals surface area contributed by atoms with Crippen LogP contribution in [0.4, 0.5) is 0 Å². The summed E-state index contributed by atoms with van der Waals surface area (Å²) in [5, 5.41) is 8.92. The lowest BCUT2D eigenvalue weighted by Crippen LogP contribution is -2.13. The number of hydrogen-bond acceptors (Lipinski definition) is 3. The maximum atomic E-state index is 10.9. The lowest BCUT2D eigenvalue weighted by Gasteiger charge is -2.14. The summed E-state index contributed by atoms with van der Waals surface area (Å²) in [7, 11) is 1.49. The molecule has 0 aliphatic rings. The van der Waals surface area contributed by atoms with E-state index in [4.69, 9.17) is 15.6 Å². The van der Waals surface area contributed by atoms with Gasteiger partial charge in [-0.2, -0.15) is 0 Å². The number of nitrogens with two attached hydrogens (primary N) is 1. The summed E-state index contributed by atoms with van der Waals surface area (Å²) in [6.45, 7) is 1.73. The van der Waals surface area contributed by atoms with E-state index >= 15 is 0 Å². The molecule has 0 bridgehead atoms. The molecule has 0 aliphatic heterocycles. The molecule has 0 radical (unpaired) electrons. The van der Waals surface area contributed by atoms with Crippen LogP contribution in [0.25, 0.3) is 0 Å². The molecule has 0 heterocycles. The Balaban J connectivity index is 3.35. The Labute approximate surface area is 82.3 Å². The van der Waals surface area contributed by atoms with Gasteiger partial charge in [-0.15, -0.1) is 0 Å². The van der Waals surface area contributed by atoms with Crippen LogP contribution >= 0.6 is 0 Å². The first-order valence-electron chi connectivity index (χ1n) is 4.23. The molecule has 0 unspecified atom stereocenters. The van der Waals surface area contributed by atoms with E-state index in [0.29, 0.717) is 11.3 Å². The van der Waals surface area contributed by atoms with Crippen LogP contribution in [0, 0.1) is 0 Å². The summed E-state index contributed by atoms with van der Waals surface area (Å²) in [6.07, 6.45) is 0.